The zero-order chi connectivity index (χ0) is 11.8. The quantitative estimate of drug-likeness (QED) is 0.802. The van der Waals surface area contributed by atoms with Crippen molar-refractivity contribution in [3.05, 3.63) is 23.8 Å². The topological polar surface area (TPSA) is 41.9 Å². The van der Waals surface area contributed by atoms with Gasteiger partial charge in [0.1, 0.15) is 18.1 Å². The molecule has 0 aromatic heterocycles. The van der Waals surface area contributed by atoms with Crippen molar-refractivity contribution in [2.24, 2.45) is 0 Å². The lowest BCUT2D eigenvalue weighted by Gasteiger charge is -2.34. The molecule has 1 fully saturated rings. The second-order valence-corrected chi connectivity index (χ2v) is 4.73. The molecule has 2 atom stereocenters. The van der Waals surface area contributed by atoms with Gasteiger partial charge in [-0.25, -0.2) is 0 Å². The maximum Gasteiger partial charge on any atom is 0.127 e. The van der Waals surface area contributed by atoms with Crippen LogP contribution in [0.5, 0.6) is 11.5 Å². The van der Waals surface area contributed by atoms with Crippen molar-refractivity contribution >= 4 is 0 Å². The highest BCUT2D eigenvalue weighted by atomic mass is 16.5. The molecule has 0 aliphatic carbocycles. The van der Waals surface area contributed by atoms with Crippen molar-refractivity contribution in [2.75, 3.05) is 26.3 Å². The Morgan fingerprint density at radius 1 is 1.41 bits per heavy atom. The molecular formula is C13H17NO3. The second kappa shape index (κ2) is 4.20. The van der Waals surface area contributed by atoms with E-state index in [1.165, 1.54) is 5.56 Å². The van der Waals surface area contributed by atoms with Crippen molar-refractivity contribution in [3.8, 4) is 11.5 Å². The second-order valence-electron chi connectivity index (χ2n) is 4.73. The number of nitrogens with zero attached hydrogens (tertiary/aromatic N) is 1. The number of phenolic OH excluding ortho intramolecular Hbond substituents is 1. The average molecular weight is 235 g/mol. The normalized spacial score (nSPS) is 28.8. The van der Waals surface area contributed by atoms with Gasteiger partial charge in [0.25, 0.3) is 0 Å². The molecule has 3 rings (SSSR count). The van der Waals surface area contributed by atoms with Gasteiger partial charge in [-0.15, -0.1) is 0 Å². The number of morpholine rings is 1. The first-order valence-corrected chi connectivity index (χ1v) is 6.05. The summed E-state index contributed by atoms with van der Waals surface area (Å²) in [6, 6.07) is 5.68. The van der Waals surface area contributed by atoms with E-state index in [0.29, 0.717) is 12.6 Å². The third-order valence-electron chi connectivity index (χ3n) is 3.47. The fourth-order valence-electron chi connectivity index (χ4n) is 2.61. The fraction of sp³-hybridized carbons (Fsp3) is 0.538. The highest BCUT2D eigenvalue weighted by Crippen LogP contribution is 2.38. The number of fused-ring (bicyclic) bond motifs is 1. The van der Waals surface area contributed by atoms with E-state index >= 15 is 0 Å². The molecule has 1 saturated heterocycles. The van der Waals surface area contributed by atoms with E-state index in [2.05, 4.69) is 11.8 Å². The monoisotopic (exact) mass is 235 g/mol. The van der Waals surface area contributed by atoms with E-state index < -0.39 is 0 Å². The van der Waals surface area contributed by atoms with Crippen molar-refractivity contribution in [3.63, 3.8) is 0 Å². The van der Waals surface area contributed by atoms with Gasteiger partial charge in [-0.1, -0.05) is 0 Å². The summed E-state index contributed by atoms with van der Waals surface area (Å²) in [5.41, 5.74) is 1.18. The molecule has 17 heavy (non-hydrogen) atoms. The lowest BCUT2D eigenvalue weighted by atomic mass is 10.1. The molecular weight excluding hydrogens is 218 g/mol. The highest BCUT2D eigenvalue weighted by Gasteiger charge is 2.32. The van der Waals surface area contributed by atoms with Gasteiger partial charge in [0.2, 0.25) is 0 Å². The Labute approximate surface area is 101 Å². The van der Waals surface area contributed by atoms with Crippen LogP contribution in [0.2, 0.25) is 0 Å². The van der Waals surface area contributed by atoms with Crippen molar-refractivity contribution in [1.29, 1.82) is 0 Å². The SMILES string of the molecule is CC1CN(C2COc3cc(O)ccc32)CCO1. The van der Waals surface area contributed by atoms with Gasteiger partial charge in [0, 0.05) is 24.7 Å². The summed E-state index contributed by atoms with van der Waals surface area (Å²) in [6.07, 6.45) is 0.282. The number of hydrogen-bond acceptors (Lipinski definition) is 4. The van der Waals surface area contributed by atoms with Gasteiger partial charge in [-0.2, -0.15) is 0 Å². The lowest BCUT2D eigenvalue weighted by molar-refractivity contribution is -0.0368. The molecule has 2 aliphatic heterocycles. The molecule has 2 heterocycles. The highest BCUT2D eigenvalue weighted by molar-refractivity contribution is 5.44. The number of aromatic hydroxyl groups is 1. The van der Waals surface area contributed by atoms with Gasteiger partial charge < -0.3 is 14.6 Å². The summed E-state index contributed by atoms with van der Waals surface area (Å²) >= 11 is 0. The Kier molecular flexibility index (Phi) is 2.68. The van der Waals surface area contributed by atoms with Gasteiger partial charge in [0.05, 0.1) is 18.8 Å². The number of benzene rings is 1. The van der Waals surface area contributed by atoms with Crippen LogP contribution in [0.25, 0.3) is 0 Å². The lowest BCUT2D eigenvalue weighted by Crippen LogP contribution is -2.43. The molecule has 2 aliphatic rings. The van der Waals surface area contributed by atoms with E-state index in [4.69, 9.17) is 9.47 Å². The third kappa shape index (κ3) is 1.98. The van der Waals surface area contributed by atoms with Crippen LogP contribution in [0, 0.1) is 0 Å². The minimum atomic E-state index is 0.264. The van der Waals surface area contributed by atoms with Crippen molar-refractivity contribution in [1.82, 2.24) is 4.90 Å². The van der Waals surface area contributed by atoms with Gasteiger partial charge in [0.15, 0.2) is 0 Å². The molecule has 92 valence electrons. The molecule has 4 heteroatoms. The van der Waals surface area contributed by atoms with Crippen molar-refractivity contribution < 1.29 is 14.6 Å². The molecule has 4 nitrogen and oxygen atoms in total. The molecule has 0 radical (unpaired) electrons. The Morgan fingerprint density at radius 2 is 2.29 bits per heavy atom. The molecule has 1 aromatic carbocycles. The van der Waals surface area contributed by atoms with Crippen LogP contribution in [0.4, 0.5) is 0 Å². The molecule has 0 amide bonds. The molecule has 1 aromatic rings. The summed E-state index contributed by atoms with van der Waals surface area (Å²) < 4.78 is 11.2. The summed E-state index contributed by atoms with van der Waals surface area (Å²) in [7, 11) is 0. The molecule has 0 spiro atoms. The third-order valence-corrected chi connectivity index (χ3v) is 3.47. The van der Waals surface area contributed by atoms with Gasteiger partial charge >= 0.3 is 0 Å². The van der Waals surface area contributed by atoms with Crippen molar-refractivity contribution in [2.45, 2.75) is 19.1 Å². The fourth-order valence-corrected chi connectivity index (χ4v) is 2.61. The van der Waals surface area contributed by atoms with E-state index in [1.54, 1.807) is 12.1 Å². The van der Waals surface area contributed by atoms with Crippen LogP contribution in [-0.2, 0) is 4.74 Å². The minimum absolute atomic E-state index is 0.264. The maximum atomic E-state index is 9.42. The van der Waals surface area contributed by atoms with Gasteiger partial charge in [-0.05, 0) is 19.1 Å². The predicted octanol–water partition coefficient (Wildman–Crippen LogP) is 1.55. The Balaban J connectivity index is 1.83. The van der Waals surface area contributed by atoms with Crippen LogP contribution >= 0.6 is 0 Å². The molecule has 2 unspecified atom stereocenters. The molecule has 0 bridgehead atoms. The summed E-state index contributed by atoms with van der Waals surface area (Å²) in [5, 5.41) is 9.42. The van der Waals surface area contributed by atoms with Crippen LogP contribution in [0.1, 0.15) is 18.5 Å². The Morgan fingerprint density at radius 3 is 3.12 bits per heavy atom. The number of ether oxygens (including phenoxy) is 2. The zero-order valence-corrected chi connectivity index (χ0v) is 9.93. The predicted molar refractivity (Wildman–Crippen MR) is 63.3 cm³/mol. The summed E-state index contributed by atoms with van der Waals surface area (Å²) in [6.45, 7) is 5.43. The van der Waals surface area contributed by atoms with Crippen LogP contribution < -0.4 is 4.74 Å². The van der Waals surface area contributed by atoms with E-state index in [9.17, 15) is 5.11 Å². The summed E-state index contributed by atoms with van der Waals surface area (Å²) in [4.78, 5) is 2.40. The smallest absolute Gasteiger partial charge is 0.127 e. The molecule has 1 N–H and O–H groups in total. The van der Waals surface area contributed by atoms with E-state index in [0.717, 1.165) is 25.4 Å². The summed E-state index contributed by atoms with van der Waals surface area (Å²) in [5.74, 6) is 1.08. The number of hydrogen-bond donors (Lipinski definition) is 1. The Hall–Kier alpha value is -1.26. The minimum Gasteiger partial charge on any atom is -0.508 e. The molecule has 0 saturated carbocycles. The standard InChI is InChI=1S/C13H17NO3/c1-9-7-14(4-5-16-9)12-8-17-13-6-10(15)2-3-11(12)13/h2-3,6,9,12,15H,4-5,7-8H2,1H3. The van der Waals surface area contributed by atoms with Crippen LogP contribution in [0.15, 0.2) is 18.2 Å². The first-order valence-electron chi connectivity index (χ1n) is 6.05. The van der Waals surface area contributed by atoms with Crippen LogP contribution in [0.3, 0.4) is 0 Å². The Bertz CT molecular complexity index is 421. The first kappa shape index (κ1) is 10.9. The van der Waals surface area contributed by atoms with E-state index in [-0.39, 0.29) is 11.9 Å². The first-order chi connectivity index (χ1) is 8.24. The van der Waals surface area contributed by atoms with Crippen LogP contribution in [-0.4, -0.2) is 42.4 Å². The van der Waals surface area contributed by atoms with E-state index in [1.807, 2.05) is 6.07 Å². The van der Waals surface area contributed by atoms with Gasteiger partial charge in [-0.3, -0.25) is 4.90 Å². The number of phenols is 1. The number of rotatable bonds is 1. The largest absolute Gasteiger partial charge is 0.508 e. The maximum absolute atomic E-state index is 9.42. The average Bonchev–Trinajstić information content (AvgIpc) is 2.71. The zero-order valence-electron chi connectivity index (χ0n) is 9.93.